The smallest absolute Gasteiger partial charge is 0.166 e. The summed E-state index contributed by atoms with van der Waals surface area (Å²) in [5.74, 6) is -0.0781. The highest BCUT2D eigenvalue weighted by Crippen LogP contribution is 2.33. The molecule has 20 heavy (non-hydrogen) atoms. The van der Waals surface area contributed by atoms with Gasteiger partial charge in [0, 0.05) is 11.5 Å². The first-order valence-electron chi connectivity index (χ1n) is 6.74. The van der Waals surface area contributed by atoms with Gasteiger partial charge in [0.2, 0.25) is 0 Å². The highest BCUT2D eigenvalue weighted by molar-refractivity contribution is 5.99. The summed E-state index contributed by atoms with van der Waals surface area (Å²) in [5.41, 5.74) is 1.50. The Hall–Kier alpha value is -2.16. The van der Waals surface area contributed by atoms with Gasteiger partial charge in [-0.1, -0.05) is 30.3 Å². The average Bonchev–Trinajstić information content (AvgIpc) is 3.31. The van der Waals surface area contributed by atoms with Crippen molar-refractivity contribution in [2.24, 2.45) is 5.92 Å². The van der Waals surface area contributed by atoms with Crippen LogP contribution in [0.5, 0.6) is 5.75 Å². The molecule has 0 amide bonds. The molecule has 102 valence electrons. The molecule has 2 nitrogen and oxygen atoms in total. The third-order valence-electron chi connectivity index (χ3n) is 3.40. The molecule has 1 saturated carbocycles. The second-order valence-electron chi connectivity index (χ2n) is 5.06. The van der Waals surface area contributed by atoms with Gasteiger partial charge in [-0.25, -0.2) is 4.39 Å². The van der Waals surface area contributed by atoms with Crippen LogP contribution in [0.1, 0.15) is 28.8 Å². The summed E-state index contributed by atoms with van der Waals surface area (Å²) in [6.07, 6.45) is 1.88. The summed E-state index contributed by atoms with van der Waals surface area (Å²) < 4.78 is 19.2. The Labute approximate surface area is 117 Å². The number of Topliss-reactive ketones (excluding diaryl/α,β-unsaturated/α-hetero) is 1. The van der Waals surface area contributed by atoms with Gasteiger partial charge >= 0.3 is 0 Å². The first-order chi connectivity index (χ1) is 9.74. The molecule has 0 heterocycles. The van der Waals surface area contributed by atoms with Gasteiger partial charge in [0.05, 0.1) is 0 Å². The molecule has 3 heteroatoms. The van der Waals surface area contributed by atoms with Crippen LogP contribution in [0.4, 0.5) is 4.39 Å². The standard InChI is InChI=1S/C17H15FO2/c18-15-9-8-14(17(19)13-6-7-13)10-16(15)20-11-12-4-2-1-3-5-12/h1-5,8-10,13H,6-7,11H2. The number of hydrogen-bond acceptors (Lipinski definition) is 2. The number of hydrogen-bond donors (Lipinski definition) is 0. The molecule has 0 bridgehead atoms. The van der Waals surface area contributed by atoms with Crippen molar-refractivity contribution in [2.45, 2.75) is 19.4 Å². The molecule has 0 radical (unpaired) electrons. The van der Waals surface area contributed by atoms with E-state index in [0.717, 1.165) is 18.4 Å². The van der Waals surface area contributed by atoms with Crippen LogP contribution in [0.15, 0.2) is 48.5 Å². The highest BCUT2D eigenvalue weighted by atomic mass is 19.1. The number of carbonyl (C=O) groups is 1. The minimum Gasteiger partial charge on any atom is -0.486 e. The van der Waals surface area contributed by atoms with E-state index in [1.54, 1.807) is 0 Å². The Kier molecular flexibility index (Phi) is 3.50. The zero-order valence-corrected chi connectivity index (χ0v) is 11.0. The fraction of sp³-hybridized carbons (Fsp3) is 0.235. The Morgan fingerprint density at radius 1 is 1.15 bits per heavy atom. The van der Waals surface area contributed by atoms with E-state index in [2.05, 4.69) is 0 Å². The van der Waals surface area contributed by atoms with Crippen LogP contribution < -0.4 is 4.74 Å². The molecule has 3 rings (SSSR count). The second-order valence-corrected chi connectivity index (χ2v) is 5.06. The fourth-order valence-corrected chi connectivity index (χ4v) is 2.08. The number of ketones is 1. The summed E-state index contributed by atoms with van der Waals surface area (Å²) >= 11 is 0. The quantitative estimate of drug-likeness (QED) is 0.768. The Morgan fingerprint density at radius 3 is 2.60 bits per heavy atom. The molecule has 0 atom stereocenters. The largest absolute Gasteiger partial charge is 0.486 e. The molecular formula is C17H15FO2. The first kappa shape index (κ1) is 12.9. The SMILES string of the molecule is O=C(c1ccc(F)c(OCc2ccccc2)c1)C1CC1. The zero-order chi connectivity index (χ0) is 13.9. The Morgan fingerprint density at radius 2 is 1.90 bits per heavy atom. The van der Waals surface area contributed by atoms with Crippen LogP contribution >= 0.6 is 0 Å². The van der Waals surface area contributed by atoms with Crippen molar-refractivity contribution in [3.05, 3.63) is 65.5 Å². The van der Waals surface area contributed by atoms with Crippen molar-refractivity contribution in [2.75, 3.05) is 0 Å². The van der Waals surface area contributed by atoms with Crippen LogP contribution in [-0.2, 0) is 6.61 Å². The van der Waals surface area contributed by atoms with E-state index >= 15 is 0 Å². The Balaban J connectivity index is 1.74. The molecule has 1 fully saturated rings. The number of carbonyl (C=O) groups excluding carboxylic acids is 1. The van der Waals surface area contributed by atoms with Crippen LogP contribution in [0.25, 0.3) is 0 Å². The molecule has 0 spiro atoms. The molecule has 1 aliphatic rings. The number of ether oxygens (including phenoxy) is 1. The van der Waals surface area contributed by atoms with Gasteiger partial charge in [-0.3, -0.25) is 4.79 Å². The van der Waals surface area contributed by atoms with E-state index in [0.29, 0.717) is 12.2 Å². The maximum atomic E-state index is 13.7. The second kappa shape index (κ2) is 5.45. The lowest BCUT2D eigenvalue weighted by Gasteiger charge is -2.09. The number of halogens is 1. The van der Waals surface area contributed by atoms with Crippen molar-refractivity contribution < 1.29 is 13.9 Å². The van der Waals surface area contributed by atoms with Crippen molar-refractivity contribution >= 4 is 5.78 Å². The van der Waals surface area contributed by atoms with Crippen LogP contribution in [0.2, 0.25) is 0 Å². The predicted octanol–water partition coefficient (Wildman–Crippen LogP) is 4.00. The van der Waals surface area contributed by atoms with E-state index in [9.17, 15) is 9.18 Å². The molecule has 0 saturated heterocycles. The lowest BCUT2D eigenvalue weighted by atomic mass is 10.1. The summed E-state index contributed by atoms with van der Waals surface area (Å²) in [4.78, 5) is 12.0. The third kappa shape index (κ3) is 2.87. The van der Waals surface area contributed by atoms with Crippen molar-refractivity contribution in [1.82, 2.24) is 0 Å². The predicted molar refractivity (Wildman–Crippen MR) is 74.2 cm³/mol. The summed E-state index contributed by atoms with van der Waals surface area (Å²) in [7, 11) is 0. The number of rotatable bonds is 5. The minimum absolute atomic E-state index is 0.0922. The van der Waals surface area contributed by atoms with Crippen LogP contribution in [-0.4, -0.2) is 5.78 Å². The van der Waals surface area contributed by atoms with Gasteiger partial charge in [-0.05, 0) is 36.6 Å². The number of benzene rings is 2. The van der Waals surface area contributed by atoms with Crippen molar-refractivity contribution in [1.29, 1.82) is 0 Å². The summed E-state index contributed by atoms with van der Waals surface area (Å²) in [6.45, 7) is 0.291. The molecule has 0 aromatic heterocycles. The molecule has 0 unspecified atom stereocenters. The van der Waals surface area contributed by atoms with E-state index in [1.165, 1.54) is 18.2 Å². The molecular weight excluding hydrogens is 255 g/mol. The van der Waals surface area contributed by atoms with E-state index < -0.39 is 5.82 Å². The molecule has 1 aliphatic carbocycles. The van der Waals surface area contributed by atoms with Gasteiger partial charge < -0.3 is 4.74 Å². The third-order valence-corrected chi connectivity index (χ3v) is 3.40. The highest BCUT2D eigenvalue weighted by Gasteiger charge is 2.30. The summed E-state index contributed by atoms with van der Waals surface area (Å²) in [5, 5.41) is 0. The lowest BCUT2D eigenvalue weighted by molar-refractivity contribution is 0.0967. The average molecular weight is 270 g/mol. The normalized spacial score (nSPS) is 14.1. The van der Waals surface area contributed by atoms with E-state index in [-0.39, 0.29) is 17.5 Å². The van der Waals surface area contributed by atoms with Gasteiger partial charge in [0.15, 0.2) is 17.3 Å². The van der Waals surface area contributed by atoms with Gasteiger partial charge in [0.25, 0.3) is 0 Å². The fourth-order valence-electron chi connectivity index (χ4n) is 2.08. The maximum absolute atomic E-state index is 13.7. The van der Waals surface area contributed by atoms with Gasteiger partial charge in [-0.2, -0.15) is 0 Å². The topological polar surface area (TPSA) is 26.3 Å². The van der Waals surface area contributed by atoms with Crippen molar-refractivity contribution in [3.63, 3.8) is 0 Å². The van der Waals surface area contributed by atoms with Crippen LogP contribution in [0, 0.1) is 11.7 Å². The van der Waals surface area contributed by atoms with E-state index in [4.69, 9.17) is 4.74 Å². The molecule has 2 aromatic carbocycles. The lowest BCUT2D eigenvalue weighted by Crippen LogP contribution is -2.03. The Bertz CT molecular complexity index is 618. The van der Waals surface area contributed by atoms with Gasteiger partial charge in [-0.15, -0.1) is 0 Å². The molecule has 0 aliphatic heterocycles. The maximum Gasteiger partial charge on any atom is 0.166 e. The monoisotopic (exact) mass is 270 g/mol. The minimum atomic E-state index is -0.437. The van der Waals surface area contributed by atoms with Crippen molar-refractivity contribution in [3.8, 4) is 5.75 Å². The molecule has 2 aromatic rings. The molecule has 0 N–H and O–H groups in total. The van der Waals surface area contributed by atoms with E-state index in [1.807, 2.05) is 30.3 Å². The zero-order valence-electron chi connectivity index (χ0n) is 11.0. The first-order valence-corrected chi connectivity index (χ1v) is 6.74. The van der Waals surface area contributed by atoms with Gasteiger partial charge in [0.1, 0.15) is 6.61 Å². The summed E-state index contributed by atoms with van der Waals surface area (Å²) in [6, 6.07) is 13.9. The van der Waals surface area contributed by atoms with Crippen LogP contribution in [0.3, 0.4) is 0 Å².